The molecule has 0 saturated carbocycles. The summed E-state index contributed by atoms with van der Waals surface area (Å²) in [6, 6.07) is -0.148. The van der Waals surface area contributed by atoms with Gasteiger partial charge in [0.1, 0.15) is 11.4 Å². The quantitative estimate of drug-likeness (QED) is 0.460. The van der Waals surface area contributed by atoms with E-state index < -0.39 is 5.60 Å². The minimum absolute atomic E-state index is 0.148. The maximum atomic E-state index is 13.2. The summed E-state index contributed by atoms with van der Waals surface area (Å²) in [5.74, 6) is 1.48. The Bertz CT molecular complexity index is 1190. The third-order valence-corrected chi connectivity index (χ3v) is 6.90. The van der Waals surface area contributed by atoms with Crippen LogP contribution in [0.3, 0.4) is 0 Å². The first-order valence-electron chi connectivity index (χ1n) is 12.5. The molecule has 10 heteroatoms. The Morgan fingerprint density at radius 2 is 1.92 bits per heavy atom. The highest BCUT2D eigenvalue weighted by Gasteiger charge is 2.35. The molecule has 0 bridgehead atoms. The van der Waals surface area contributed by atoms with Crippen molar-refractivity contribution in [2.24, 2.45) is 0 Å². The number of allylic oxidation sites excluding steroid dienone is 3. The van der Waals surface area contributed by atoms with Gasteiger partial charge in [0.25, 0.3) is 0 Å². The number of amides is 1. The lowest BCUT2D eigenvalue weighted by atomic mass is 10.0. The van der Waals surface area contributed by atoms with E-state index in [2.05, 4.69) is 43.9 Å². The molecule has 0 spiro atoms. The van der Waals surface area contributed by atoms with Gasteiger partial charge in [-0.3, -0.25) is 4.98 Å². The Morgan fingerprint density at radius 3 is 2.59 bits per heavy atom. The van der Waals surface area contributed by atoms with Crippen LogP contribution in [-0.2, 0) is 9.47 Å². The topological polar surface area (TPSA) is 83.9 Å². The zero-order chi connectivity index (χ0) is 26.6. The third kappa shape index (κ3) is 6.48. The minimum Gasteiger partial charge on any atom is -0.444 e. The van der Waals surface area contributed by atoms with Crippen LogP contribution in [0.2, 0.25) is 0 Å². The molecule has 1 unspecified atom stereocenters. The number of pyridine rings is 1. The molecule has 2 saturated heterocycles. The molecule has 2 fully saturated rings. The molecule has 2 aromatic heterocycles. The predicted octanol–water partition coefficient (Wildman–Crippen LogP) is 4.74. The standard InChI is InChI=1S/C27H35BrN6O3/c1-6-8-19(7-2)15-20-18-33(9-10-34(20)26(35)37-27(3,4)5)24-23-21(28)16-29-17-22(23)30-25(31-24)32-11-13-36-14-12-32/h6-8,16-17,20H,1-2,9-15,18H2,3-5H3/b19-8+. The van der Waals surface area contributed by atoms with Crippen LogP contribution in [-0.4, -0.2) is 83.5 Å². The molecule has 0 N–H and O–H groups in total. The van der Waals surface area contributed by atoms with E-state index in [4.69, 9.17) is 19.4 Å². The summed E-state index contributed by atoms with van der Waals surface area (Å²) in [5.41, 5.74) is 1.19. The fraction of sp³-hybridized carbons (Fsp3) is 0.481. The largest absolute Gasteiger partial charge is 0.444 e. The van der Waals surface area contributed by atoms with Gasteiger partial charge in [0.2, 0.25) is 5.95 Å². The van der Waals surface area contributed by atoms with E-state index in [9.17, 15) is 4.79 Å². The van der Waals surface area contributed by atoms with Crippen LogP contribution >= 0.6 is 15.9 Å². The van der Waals surface area contributed by atoms with E-state index in [-0.39, 0.29) is 12.1 Å². The number of carbonyl (C=O) groups is 1. The van der Waals surface area contributed by atoms with Gasteiger partial charge < -0.3 is 24.2 Å². The summed E-state index contributed by atoms with van der Waals surface area (Å²) in [6.07, 6.45) is 9.32. The molecule has 2 aromatic rings. The lowest BCUT2D eigenvalue weighted by Gasteiger charge is -2.42. The SMILES string of the molecule is C=C/C=C(\C=C)CC1CN(c2nc(N3CCOCC3)nc3cncc(Br)c23)CCN1C(=O)OC(C)(C)C. The first-order chi connectivity index (χ1) is 17.7. The number of morpholine rings is 1. The lowest BCUT2D eigenvalue weighted by Crippen LogP contribution is -2.56. The molecule has 1 amide bonds. The molecular formula is C27H35BrN6O3. The van der Waals surface area contributed by atoms with E-state index in [0.717, 1.165) is 39.9 Å². The fourth-order valence-electron chi connectivity index (χ4n) is 4.57. The van der Waals surface area contributed by atoms with Crippen molar-refractivity contribution in [3.8, 4) is 0 Å². The van der Waals surface area contributed by atoms with Crippen LogP contribution < -0.4 is 9.80 Å². The fourth-order valence-corrected chi connectivity index (χ4v) is 5.07. The van der Waals surface area contributed by atoms with E-state index in [1.165, 1.54) is 0 Å². The summed E-state index contributed by atoms with van der Waals surface area (Å²) in [6.45, 7) is 17.9. The number of hydrogen-bond donors (Lipinski definition) is 0. The highest BCUT2D eigenvalue weighted by atomic mass is 79.9. The van der Waals surface area contributed by atoms with Gasteiger partial charge in [-0.15, -0.1) is 0 Å². The molecule has 0 radical (unpaired) electrons. The minimum atomic E-state index is -0.579. The van der Waals surface area contributed by atoms with Crippen LogP contribution in [0.15, 0.2) is 53.8 Å². The molecular weight excluding hydrogens is 536 g/mol. The Hall–Kier alpha value is -2.98. The summed E-state index contributed by atoms with van der Waals surface area (Å²) in [4.78, 5) is 33.6. The van der Waals surface area contributed by atoms with Crippen LogP contribution in [0.1, 0.15) is 27.2 Å². The number of anilines is 2. The van der Waals surface area contributed by atoms with Gasteiger partial charge in [0.05, 0.1) is 36.4 Å². The number of piperazine rings is 1. The highest BCUT2D eigenvalue weighted by Crippen LogP contribution is 2.34. The first kappa shape index (κ1) is 27.1. The third-order valence-electron chi connectivity index (χ3n) is 6.30. The Balaban J connectivity index is 1.72. The summed E-state index contributed by atoms with van der Waals surface area (Å²) >= 11 is 3.67. The number of nitrogens with zero attached hydrogens (tertiary/aromatic N) is 6. The van der Waals surface area contributed by atoms with Crippen molar-refractivity contribution < 1.29 is 14.3 Å². The molecule has 37 heavy (non-hydrogen) atoms. The number of ether oxygens (including phenoxy) is 2. The van der Waals surface area contributed by atoms with Crippen molar-refractivity contribution in [1.82, 2.24) is 19.9 Å². The van der Waals surface area contributed by atoms with E-state index in [1.807, 2.05) is 37.8 Å². The predicted molar refractivity (Wildman–Crippen MR) is 150 cm³/mol. The van der Waals surface area contributed by atoms with Crippen molar-refractivity contribution in [2.75, 3.05) is 55.7 Å². The number of halogens is 1. The number of rotatable bonds is 6. The average molecular weight is 572 g/mol. The summed E-state index contributed by atoms with van der Waals surface area (Å²) in [5, 5.41) is 0.905. The maximum absolute atomic E-state index is 13.2. The van der Waals surface area contributed by atoms with Crippen molar-refractivity contribution >= 4 is 44.7 Å². The smallest absolute Gasteiger partial charge is 0.410 e. The zero-order valence-corrected chi connectivity index (χ0v) is 23.4. The van der Waals surface area contributed by atoms with Crippen LogP contribution in [0, 0.1) is 0 Å². The molecule has 2 aliphatic heterocycles. The van der Waals surface area contributed by atoms with E-state index >= 15 is 0 Å². The molecule has 198 valence electrons. The normalized spacial score (nSPS) is 19.2. The summed E-state index contributed by atoms with van der Waals surface area (Å²) < 4.78 is 12.1. The molecule has 9 nitrogen and oxygen atoms in total. The lowest BCUT2D eigenvalue weighted by molar-refractivity contribution is 0.0141. The number of hydrogen-bond acceptors (Lipinski definition) is 8. The van der Waals surface area contributed by atoms with Crippen molar-refractivity contribution in [1.29, 1.82) is 0 Å². The Labute approximate surface area is 227 Å². The zero-order valence-electron chi connectivity index (χ0n) is 21.8. The van der Waals surface area contributed by atoms with Crippen molar-refractivity contribution in [2.45, 2.75) is 38.8 Å². The monoisotopic (exact) mass is 570 g/mol. The van der Waals surface area contributed by atoms with Crippen LogP contribution in [0.4, 0.5) is 16.6 Å². The van der Waals surface area contributed by atoms with Gasteiger partial charge in [0, 0.05) is 43.4 Å². The number of fused-ring (bicyclic) bond motifs is 1. The van der Waals surface area contributed by atoms with E-state index in [0.29, 0.717) is 45.2 Å². The molecule has 4 heterocycles. The molecule has 4 rings (SSSR count). The van der Waals surface area contributed by atoms with Crippen LogP contribution in [0.25, 0.3) is 10.9 Å². The average Bonchev–Trinajstić information content (AvgIpc) is 2.87. The Morgan fingerprint density at radius 1 is 1.16 bits per heavy atom. The maximum Gasteiger partial charge on any atom is 0.410 e. The van der Waals surface area contributed by atoms with Crippen molar-refractivity contribution in [3.05, 3.63) is 53.8 Å². The van der Waals surface area contributed by atoms with Gasteiger partial charge in [0.15, 0.2) is 0 Å². The second kappa shape index (κ2) is 11.6. The molecule has 0 aliphatic carbocycles. The van der Waals surface area contributed by atoms with Gasteiger partial charge in [-0.05, 0) is 48.7 Å². The molecule has 2 aliphatic rings. The highest BCUT2D eigenvalue weighted by molar-refractivity contribution is 9.10. The van der Waals surface area contributed by atoms with Gasteiger partial charge in [-0.2, -0.15) is 4.98 Å². The van der Waals surface area contributed by atoms with Crippen LogP contribution in [0.5, 0.6) is 0 Å². The number of aromatic nitrogens is 3. The van der Waals surface area contributed by atoms with E-state index in [1.54, 1.807) is 18.5 Å². The Kier molecular flexibility index (Phi) is 8.49. The first-order valence-corrected chi connectivity index (χ1v) is 13.3. The number of carbonyl (C=O) groups excluding carboxylic acids is 1. The molecule has 0 aromatic carbocycles. The van der Waals surface area contributed by atoms with Gasteiger partial charge >= 0.3 is 6.09 Å². The van der Waals surface area contributed by atoms with Gasteiger partial charge in [-0.25, -0.2) is 9.78 Å². The summed E-state index contributed by atoms with van der Waals surface area (Å²) in [7, 11) is 0. The van der Waals surface area contributed by atoms with Gasteiger partial charge in [-0.1, -0.05) is 31.4 Å². The van der Waals surface area contributed by atoms with Crippen molar-refractivity contribution in [3.63, 3.8) is 0 Å². The molecule has 1 atom stereocenters. The second-order valence-electron chi connectivity index (χ2n) is 10.1. The second-order valence-corrected chi connectivity index (χ2v) is 11.0.